The Morgan fingerprint density at radius 1 is 0.806 bits per heavy atom. The van der Waals surface area contributed by atoms with Crippen LogP contribution in [0.2, 0.25) is 0 Å². The molecule has 0 heterocycles. The third kappa shape index (κ3) is 4.24. The van der Waals surface area contributed by atoms with E-state index >= 15 is 0 Å². The number of fused-ring (bicyclic) bond motifs is 1. The summed E-state index contributed by atoms with van der Waals surface area (Å²) in [6.45, 7) is 0. The number of amides is 1. The summed E-state index contributed by atoms with van der Waals surface area (Å²) >= 11 is 0. The molecule has 7 heteroatoms. The molecule has 0 atom stereocenters. The predicted octanol–water partition coefficient (Wildman–Crippen LogP) is 4.17. The van der Waals surface area contributed by atoms with Crippen molar-refractivity contribution in [2.45, 2.75) is 35.8 Å². The molecule has 0 bridgehead atoms. The van der Waals surface area contributed by atoms with Crippen LogP contribution in [0, 0.1) is 5.92 Å². The van der Waals surface area contributed by atoms with E-state index in [0.717, 1.165) is 10.8 Å². The van der Waals surface area contributed by atoms with Gasteiger partial charge in [0, 0.05) is 17.0 Å². The Kier molecular flexibility index (Phi) is 5.89. The van der Waals surface area contributed by atoms with E-state index in [-0.39, 0.29) is 17.3 Å². The summed E-state index contributed by atoms with van der Waals surface area (Å²) in [6, 6.07) is 19.0. The van der Waals surface area contributed by atoms with Crippen molar-refractivity contribution < 1.29 is 23.2 Å². The van der Waals surface area contributed by atoms with E-state index in [0.29, 0.717) is 36.1 Å². The van der Waals surface area contributed by atoms with Crippen molar-refractivity contribution in [2.24, 2.45) is 5.92 Å². The molecule has 160 valence electrons. The van der Waals surface area contributed by atoms with Gasteiger partial charge in [0.2, 0.25) is 0 Å². The average Bonchev–Trinajstić information content (AvgIpc) is 2.83. The Morgan fingerprint density at radius 3 is 2.06 bits per heavy atom. The number of hydrogen-bond donors (Lipinski definition) is 2. The second kappa shape index (κ2) is 8.61. The molecule has 1 fully saturated rings. The number of ketones is 1. The fourth-order valence-corrected chi connectivity index (χ4v) is 6.08. The van der Waals surface area contributed by atoms with Gasteiger partial charge in [-0.15, -0.1) is 0 Å². The van der Waals surface area contributed by atoms with Gasteiger partial charge in [-0.1, -0.05) is 42.5 Å². The van der Waals surface area contributed by atoms with Crippen LogP contribution in [-0.2, 0) is 9.84 Å². The van der Waals surface area contributed by atoms with Crippen LogP contribution >= 0.6 is 0 Å². The number of rotatable bonds is 5. The van der Waals surface area contributed by atoms with Crippen LogP contribution in [0.5, 0.6) is 0 Å². The van der Waals surface area contributed by atoms with E-state index < -0.39 is 21.0 Å². The molecule has 3 aromatic carbocycles. The Hall–Kier alpha value is -3.03. The lowest BCUT2D eigenvalue weighted by atomic mass is 9.83. The Morgan fingerprint density at radius 2 is 1.42 bits per heavy atom. The van der Waals surface area contributed by atoms with Crippen molar-refractivity contribution in [2.75, 3.05) is 0 Å². The largest absolute Gasteiger partial charge is 0.294 e. The van der Waals surface area contributed by atoms with Crippen molar-refractivity contribution in [1.82, 2.24) is 5.48 Å². The van der Waals surface area contributed by atoms with Gasteiger partial charge in [-0.3, -0.25) is 14.8 Å². The number of carbonyl (C=O) groups is 2. The molecule has 1 saturated carbocycles. The van der Waals surface area contributed by atoms with Crippen molar-refractivity contribution in [3.63, 3.8) is 0 Å². The summed E-state index contributed by atoms with van der Waals surface area (Å²) in [7, 11) is -3.46. The monoisotopic (exact) mass is 437 g/mol. The molecule has 1 amide bonds. The third-order valence-electron chi connectivity index (χ3n) is 6.07. The summed E-state index contributed by atoms with van der Waals surface area (Å²) in [4.78, 5) is 24.6. The van der Waals surface area contributed by atoms with E-state index in [2.05, 4.69) is 0 Å². The molecular weight excluding hydrogens is 414 g/mol. The van der Waals surface area contributed by atoms with Gasteiger partial charge in [0.05, 0.1) is 10.1 Å². The summed E-state index contributed by atoms with van der Waals surface area (Å²) in [5.74, 6) is -0.920. The van der Waals surface area contributed by atoms with Crippen LogP contribution < -0.4 is 5.48 Å². The van der Waals surface area contributed by atoms with Crippen LogP contribution in [-0.4, -0.2) is 30.6 Å². The molecule has 0 aromatic heterocycles. The maximum atomic E-state index is 13.2. The number of Topliss-reactive ketones (excluding diaryl/α,β-unsaturated/α-hetero) is 1. The quantitative estimate of drug-likeness (QED) is 0.354. The minimum Gasteiger partial charge on any atom is -0.294 e. The van der Waals surface area contributed by atoms with Gasteiger partial charge in [0.1, 0.15) is 0 Å². The second-order valence-corrected chi connectivity index (χ2v) is 10.1. The first-order valence-electron chi connectivity index (χ1n) is 10.2. The standard InChI is InChI=1S/C24H23NO5S/c26-23(17-5-7-19(8-6-17)24(27)25-28)18-10-12-21(13-11-18)31(29,30)22-14-9-16-3-1-2-4-20(16)15-22/h1-9,14-15,18,21,28H,10-13H2,(H,25,27). The number of nitrogens with one attached hydrogen (secondary N) is 1. The highest BCUT2D eigenvalue weighted by Gasteiger charge is 2.34. The molecule has 1 aliphatic carbocycles. The second-order valence-electron chi connectivity index (χ2n) is 7.91. The van der Waals surface area contributed by atoms with Crippen molar-refractivity contribution in [3.8, 4) is 0 Å². The zero-order valence-corrected chi connectivity index (χ0v) is 17.6. The van der Waals surface area contributed by atoms with Crippen LogP contribution in [0.15, 0.2) is 71.6 Å². The van der Waals surface area contributed by atoms with Gasteiger partial charge in [0.25, 0.3) is 5.91 Å². The molecule has 6 nitrogen and oxygen atoms in total. The lowest BCUT2D eigenvalue weighted by molar-refractivity contribution is 0.0706. The third-order valence-corrected chi connectivity index (χ3v) is 8.33. The normalized spacial score (nSPS) is 19.1. The van der Waals surface area contributed by atoms with Gasteiger partial charge < -0.3 is 0 Å². The maximum Gasteiger partial charge on any atom is 0.274 e. The fourth-order valence-electron chi connectivity index (χ4n) is 4.26. The molecule has 0 unspecified atom stereocenters. The Bertz CT molecular complexity index is 1230. The smallest absolute Gasteiger partial charge is 0.274 e. The van der Waals surface area contributed by atoms with Crippen LogP contribution in [0.25, 0.3) is 10.8 Å². The summed E-state index contributed by atoms with van der Waals surface area (Å²) in [6.07, 6.45) is 1.90. The molecule has 31 heavy (non-hydrogen) atoms. The van der Waals surface area contributed by atoms with Gasteiger partial charge in [-0.25, -0.2) is 13.9 Å². The zero-order valence-electron chi connectivity index (χ0n) is 16.8. The van der Waals surface area contributed by atoms with Crippen LogP contribution in [0.4, 0.5) is 0 Å². The molecule has 4 rings (SSSR count). The van der Waals surface area contributed by atoms with Crippen molar-refractivity contribution >= 4 is 32.3 Å². The highest BCUT2D eigenvalue weighted by Crippen LogP contribution is 2.34. The molecule has 0 radical (unpaired) electrons. The van der Waals surface area contributed by atoms with Gasteiger partial charge >= 0.3 is 0 Å². The molecule has 1 aliphatic rings. The van der Waals surface area contributed by atoms with E-state index in [1.165, 1.54) is 12.1 Å². The Labute approximate surface area is 180 Å². The minimum atomic E-state index is -3.46. The Balaban J connectivity index is 1.44. The van der Waals surface area contributed by atoms with E-state index in [1.54, 1.807) is 29.7 Å². The SMILES string of the molecule is O=C(NO)c1ccc(C(=O)C2CCC(S(=O)(=O)c3ccc4ccccc4c3)CC2)cc1. The lowest BCUT2D eigenvalue weighted by Crippen LogP contribution is -2.30. The van der Waals surface area contributed by atoms with Crippen molar-refractivity contribution in [1.29, 1.82) is 0 Å². The molecular formula is C24H23NO5S. The van der Waals surface area contributed by atoms with Crippen LogP contribution in [0.1, 0.15) is 46.4 Å². The van der Waals surface area contributed by atoms with E-state index in [9.17, 15) is 18.0 Å². The summed E-state index contributed by atoms with van der Waals surface area (Å²) < 4.78 is 26.3. The zero-order chi connectivity index (χ0) is 22.0. The molecule has 2 N–H and O–H groups in total. The van der Waals surface area contributed by atoms with Crippen LogP contribution in [0.3, 0.4) is 0 Å². The summed E-state index contributed by atoms with van der Waals surface area (Å²) in [5.41, 5.74) is 2.29. The molecule has 0 spiro atoms. The van der Waals surface area contributed by atoms with Crippen molar-refractivity contribution in [3.05, 3.63) is 77.9 Å². The first-order chi connectivity index (χ1) is 14.9. The maximum absolute atomic E-state index is 13.2. The first kappa shape index (κ1) is 21.2. The average molecular weight is 438 g/mol. The minimum absolute atomic E-state index is 0.0440. The summed E-state index contributed by atoms with van der Waals surface area (Å²) in [5, 5.41) is 10.1. The number of hydrogen-bond acceptors (Lipinski definition) is 5. The topological polar surface area (TPSA) is 101 Å². The molecule has 0 aliphatic heterocycles. The molecule has 0 saturated heterocycles. The van der Waals surface area contributed by atoms with Gasteiger partial charge in [0.15, 0.2) is 15.6 Å². The highest BCUT2D eigenvalue weighted by atomic mass is 32.2. The first-order valence-corrected chi connectivity index (χ1v) is 11.8. The number of benzene rings is 3. The van der Waals surface area contributed by atoms with E-state index in [4.69, 9.17) is 5.21 Å². The van der Waals surface area contributed by atoms with E-state index in [1.807, 2.05) is 30.3 Å². The lowest BCUT2D eigenvalue weighted by Gasteiger charge is -2.27. The molecule has 3 aromatic rings. The fraction of sp³-hybridized carbons (Fsp3) is 0.250. The number of hydroxylamine groups is 1. The predicted molar refractivity (Wildman–Crippen MR) is 117 cm³/mol. The number of carbonyl (C=O) groups excluding carboxylic acids is 2. The number of sulfone groups is 1. The highest BCUT2D eigenvalue weighted by molar-refractivity contribution is 7.92. The van der Waals surface area contributed by atoms with Gasteiger partial charge in [-0.05, 0) is 60.7 Å². The van der Waals surface area contributed by atoms with Gasteiger partial charge in [-0.2, -0.15) is 0 Å².